The highest BCUT2D eigenvalue weighted by molar-refractivity contribution is 6.23. The Morgan fingerprint density at radius 2 is 1.33 bits per heavy atom. The summed E-state index contributed by atoms with van der Waals surface area (Å²) in [6.07, 6.45) is -6.32. The Labute approximate surface area is 205 Å². The lowest BCUT2D eigenvalue weighted by molar-refractivity contribution is -0.298. The summed E-state index contributed by atoms with van der Waals surface area (Å²) in [5.74, 6) is -4.69. The SMILES string of the molecule is CC(=O)OC[C@@H]1O[C@@H](OC2=CC(=O)c3ccccc3C2=O)[C@H](OC(C)=O)[C@@H](OC(C)=O)[C@@H]1OC(C)=O. The minimum atomic E-state index is -1.63. The Hall–Kier alpha value is -4.06. The maximum absolute atomic E-state index is 13.0. The average Bonchev–Trinajstić information content (AvgIpc) is 2.79. The number of carbonyl (C=O) groups excluding carboxylic acids is 6. The number of allylic oxidation sites excluding steroid dienone is 2. The van der Waals surface area contributed by atoms with E-state index < -0.39 is 78.5 Å². The van der Waals surface area contributed by atoms with Gasteiger partial charge in [-0.25, -0.2) is 0 Å². The maximum atomic E-state index is 13.0. The molecule has 5 atom stereocenters. The fraction of sp³-hybridized carbons (Fsp3) is 0.417. The summed E-state index contributed by atoms with van der Waals surface area (Å²) in [5, 5.41) is 0. The molecule has 1 aliphatic carbocycles. The third-order valence-corrected chi connectivity index (χ3v) is 5.11. The first-order valence-corrected chi connectivity index (χ1v) is 10.8. The molecule has 192 valence electrons. The Kier molecular flexibility index (Phi) is 8.20. The van der Waals surface area contributed by atoms with Crippen LogP contribution in [0.25, 0.3) is 0 Å². The van der Waals surface area contributed by atoms with Gasteiger partial charge in [0.15, 0.2) is 23.8 Å². The highest BCUT2D eigenvalue weighted by Gasteiger charge is 2.54. The van der Waals surface area contributed by atoms with E-state index >= 15 is 0 Å². The van der Waals surface area contributed by atoms with E-state index in [0.717, 1.165) is 33.8 Å². The van der Waals surface area contributed by atoms with Crippen molar-refractivity contribution in [2.75, 3.05) is 6.61 Å². The van der Waals surface area contributed by atoms with Crippen LogP contribution in [0.5, 0.6) is 0 Å². The summed E-state index contributed by atoms with van der Waals surface area (Å²) < 4.78 is 32.4. The minimum absolute atomic E-state index is 0.0886. The van der Waals surface area contributed by atoms with Gasteiger partial charge in [-0.1, -0.05) is 24.3 Å². The van der Waals surface area contributed by atoms with Crippen molar-refractivity contribution in [1.29, 1.82) is 0 Å². The lowest BCUT2D eigenvalue weighted by atomic mass is 9.93. The van der Waals surface area contributed by atoms with E-state index in [1.54, 1.807) is 12.1 Å². The molecule has 0 unspecified atom stereocenters. The first-order valence-electron chi connectivity index (χ1n) is 10.8. The molecule has 3 rings (SSSR count). The quantitative estimate of drug-likeness (QED) is 0.384. The van der Waals surface area contributed by atoms with E-state index in [4.69, 9.17) is 28.4 Å². The van der Waals surface area contributed by atoms with E-state index in [2.05, 4.69) is 0 Å². The third-order valence-electron chi connectivity index (χ3n) is 5.11. The first-order chi connectivity index (χ1) is 17.0. The second-order valence-corrected chi connectivity index (χ2v) is 7.93. The van der Waals surface area contributed by atoms with E-state index in [-0.39, 0.29) is 11.1 Å². The fourth-order valence-corrected chi connectivity index (χ4v) is 3.79. The van der Waals surface area contributed by atoms with Gasteiger partial charge in [-0.3, -0.25) is 28.8 Å². The summed E-state index contributed by atoms with van der Waals surface area (Å²) in [6, 6.07) is 6.10. The van der Waals surface area contributed by atoms with Gasteiger partial charge in [-0.15, -0.1) is 0 Å². The zero-order valence-corrected chi connectivity index (χ0v) is 19.9. The van der Waals surface area contributed by atoms with Crippen molar-refractivity contribution in [3.8, 4) is 0 Å². The van der Waals surface area contributed by atoms with Crippen molar-refractivity contribution in [2.45, 2.75) is 58.4 Å². The van der Waals surface area contributed by atoms with Gasteiger partial charge in [0.2, 0.25) is 18.2 Å². The molecule has 1 aromatic carbocycles. The molecule has 1 heterocycles. The van der Waals surface area contributed by atoms with Crippen molar-refractivity contribution >= 4 is 35.4 Å². The third kappa shape index (κ3) is 6.13. The predicted molar refractivity (Wildman–Crippen MR) is 116 cm³/mol. The first kappa shape index (κ1) is 26.5. The van der Waals surface area contributed by atoms with Gasteiger partial charge in [0.25, 0.3) is 0 Å². The van der Waals surface area contributed by atoms with Crippen LogP contribution in [0.4, 0.5) is 0 Å². The fourth-order valence-electron chi connectivity index (χ4n) is 3.79. The molecule has 12 heteroatoms. The molecular weight excluding hydrogens is 480 g/mol. The number of benzene rings is 1. The minimum Gasteiger partial charge on any atom is -0.463 e. The van der Waals surface area contributed by atoms with E-state index in [9.17, 15) is 28.8 Å². The number of fused-ring (bicyclic) bond motifs is 1. The maximum Gasteiger partial charge on any atom is 0.303 e. The molecule has 36 heavy (non-hydrogen) atoms. The number of esters is 4. The molecule has 0 N–H and O–H groups in total. The summed E-state index contributed by atoms with van der Waals surface area (Å²) in [5.41, 5.74) is 0.266. The monoisotopic (exact) mass is 504 g/mol. The molecule has 2 aliphatic rings. The van der Waals surface area contributed by atoms with Crippen LogP contribution in [0, 0.1) is 0 Å². The Morgan fingerprint density at radius 1 is 0.778 bits per heavy atom. The number of hydrogen-bond acceptors (Lipinski definition) is 12. The van der Waals surface area contributed by atoms with Gasteiger partial charge < -0.3 is 28.4 Å². The average molecular weight is 504 g/mol. The van der Waals surface area contributed by atoms with Crippen LogP contribution >= 0.6 is 0 Å². The van der Waals surface area contributed by atoms with Crippen LogP contribution in [-0.4, -0.2) is 72.8 Å². The van der Waals surface area contributed by atoms with Crippen LogP contribution in [-0.2, 0) is 47.6 Å². The standard InChI is InChI=1S/C24H24O12/c1-11(25)31-10-19-21(32-12(2)26)22(33-13(3)27)23(34-14(4)28)24(36-19)35-18-9-17(29)15-7-5-6-8-16(15)20(18)30/h5-9,19,21-24H,10H2,1-4H3/t19-,21+,22-,23+,24+/m0/s1. The molecule has 1 fully saturated rings. The molecule has 0 amide bonds. The number of Topliss-reactive ketones (excluding diaryl/α,β-unsaturated/α-hetero) is 1. The van der Waals surface area contributed by atoms with Crippen molar-refractivity contribution in [3.05, 3.63) is 47.2 Å². The topological polar surface area (TPSA) is 158 Å². The van der Waals surface area contributed by atoms with E-state index in [0.29, 0.717) is 0 Å². The van der Waals surface area contributed by atoms with Crippen molar-refractivity contribution in [1.82, 2.24) is 0 Å². The van der Waals surface area contributed by atoms with Gasteiger partial charge in [0, 0.05) is 44.9 Å². The molecule has 1 aliphatic heterocycles. The lowest BCUT2D eigenvalue weighted by Crippen LogP contribution is -2.63. The van der Waals surface area contributed by atoms with Gasteiger partial charge in [0.05, 0.1) is 0 Å². The zero-order chi connectivity index (χ0) is 26.6. The van der Waals surface area contributed by atoms with Crippen LogP contribution in [0.15, 0.2) is 36.1 Å². The van der Waals surface area contributed by atoms with Gasteiger partial charge in [-0.05, 0) is 0 Å². The van der Waals surface area contributed by atoms with Gasteiger partial charge in [0.1, 0.15) is 12.7 Å². The molecule has 0 aromatic heterocycles. The lowest BCUT2D eigenvalue weighted by Gasteiger charge is -2.44. The highest BCUT2D eigenvalue weighted by Crippen LogP contribution is 2.32. The normalized spacial score (nSPS) is 25.1. The van der Waals surface area contributed by atoms with Gasteiger partial charge >= 0.3 is 23.9 Å². The predicted octanol–water partition coefficient (Wildman–Crippen LogP) is 1.05. The summed E-state index contributed by atoms with van der Waals surface area (Å²) in [6.45, 7) is 3.90. The smallest absolute Gasteiger partial charge is 0.303 e. The van der Waals surface area contributed by atoms with E-state index in [1.807, 2.05) is 0 Å². The van der Waals surface area contributed by atoms with Crippen molar-refractivity contribution in [2.24, 2.45) is 0 Å². The number of ketones is 2. The number of carbonyl (C=O) groups is 6. The summed E-state index contributed by atoms with van der Waals surface area (Å²) in [7, 11) is 0. The zero-order valence-electron chi connectivity index (χ0n) is 19.9. The molecule has 0 radical (unpaired) electrons. The molecule has 0 saturated carbocycles. The second kappa shape index (κ2) is 11.1. The number of rotatable bonds is 7. The number of hydrogen-bond donors (Lipinski definition) is 0. The second-order valence-electron chi connectivity index (χ2n) is 7.93. The Bertz CT molecular complexity index is 1120. The van der Waals surface area contributed by atoms with Crippen molar-refractivity contribution < 1.29 is 57.2 Å². The highest BCUT2D eigenvalue weighted by atomic mass is 16.7. The Balaban J connectivity index is 2.01. The molecule has 0 spiro atoms. The van der Waals surface area contributed by atoms with Crippen LogP contribution in [0.3, 0.4) is 0 Å². The summed E-state index contributed by atoms with van der Waals surface area (Å²) >= 11 is 0. The number of ether oxygens (including phenoxy) is 6. The molecular formula is C24H24O12. The van der Waals surface area contributed by atoms with Crippen LogP contribution in [0.1, 0.15) is 48.4 Å². The summed E-state index contributed by atoms with van der Waals surface area (Å²) in [4.78, 5) is 72.6. The van der Waals surface area contributed by atoms with Crippen LogP contribution in [0.2, 0.25) is 0 Å². The Morgan fingerprint density at radius 3 is 1.92 bits per heavy atom. The molecule has 0 bridgehead atoms. The van der Waals surface area contributed by atoms with Crippen molar-refractivity contribution in [3.63, 3.8) is 0 Å². The molecule has 1 saturated heterocycles. The largest absolute Gasteiger partial charge is 0.463 e. The van der Waals surface area contributed by atoms with Crippen LogP contribution < -0.4 is 0 Å². The van der Waals surface area contributed by atoms with E-state index in [1.165, 1.54) is 12.1 Å². The molecule has 1 aromatic rings. The van der Waals surface area contributed by atoms with Gasteiger partial charge in [-0.2, -0.15) is 0 Å². The molecule has 12 nitrogen and oxygen atoms in total.